The van der Waals surface area contributed by atoms with E-state index < -0.39 is 0 Å². The van der Waals surface area contributed by atoms with Gasteiger partial charge in [-0.15, -0.1) is 0 Å². The number of carbonyl (C=O) groups excluding carboxylic acids is 3. The molecule has 0 fully saturated rings. The number of nitrogens with two attached hydrogens (primary N) is 1. The highest BCUT2D eigenvalue weighted by molar-refractivity contribution is 6.06. The first kappa shape index (κ1) is 29.6. The van der Waals surface area contributed by atoms with Crippen molar-refractivity contribution in [3.05, 3.63) is 53.1 Å². The minimum Gasteiger partial charge on any atom is -0.387 e. The minimum atomic E-state index is -0.189. The Morgan fingerprint density at radius 2 is 1.67 bits per heavy atom. The molecule has 1 heterocycles. The first-order chi connectivity index (χ1) is 18.6. The normalized spacial score (nSPS) is 12.7. The van der Waals surface area contributed by atoms with Crippen molar-refractivity contribution in [2.24, 2.45) is 16.6 Å². The van der Waals surface area contributed by atoms with Gasteiger partial charge in [-0.3, -0.25) is 14.5 Å². The first-order valence-electron chi connectivity index (χ1n) is 13.6. The number of benzene rings is 2. The van der Waals surface area contributed by atoms with E-state index in [-0.39, 0.29) is 11.9 Å². The number of amidine groups is 1. The highest BCUT2D eigenvalue weighted by Crippen LogP contribution is 2.34. The predicted octanol–water partition coefficient (Wildman–Crippen LogP) is 5.73. The zero-order valence-corrected chi connectivity index (χ0v) is 24.0. The fourth-order valence-corrected chi connectivity index (χ4v) is 4.86. The average molecular weight is 532 g/mol. The molecule has 1 aliphatic heterocycles. The van der Waals surface area contributed by atoms with Crippen LogP contribution in [0.5, 0.6) is 0 Å². The first-order valence-corrected chi connectivity index (χ1v) is 13.6. The molecule has 39 heavy (non-hydrogen) atoms. The maximum Gasteiger partial charge on any atom is 0.323 e. The molecular weight excluding hydrogens is 490 g/mol. The molecule has 0 saturated heterocycles. The zero-order chi connectivity index (χ0) is 28.7. The molecule has 2 aromatic rings. The van der Waals surface area contributed by atoms with Gasteiger partial charge in [-0.2, -0.15) is 0 Å². The largest absolute Gasteiger partial charge is 0.387 e. The number of fused-ring (bicyclic) bond motifs is 1. The van der Waals surface area contributed by atoms with Crippen LogP contribution in [0.1, 0.15) is 62.9 Å². The van der Waals surface area contributed by atoms with Crippen molar-refractivity contribution in [2.45, 2.75) is 47.0 Å². The van der Waals surface area contributed by atoms with Gasteiger partial charge in [0.15, 0.2) is 6.29 Å². The number of carbonyl (C=O) groups is 3. The van der Waals surface area contributed by atoms with E-state index in [2.05, 4.69) is 32.7 Å². The summed E-state index contributed by atoms with van der Waals surface area (Å²) in [6, 6.07) is 11.0. The minimum absolute atomic E-state index is 0.00184. The molecule has 0 atom stereocenters. The van der Waals surface area contributed by atoms with Crippen LogP contribution < -0.4 is 10.6 Å². The summed E-state index contributed by atoms with van der Waals surface area (Å²) in [5, 5.41) is 0. The molecule has 8 nitrogen and oxygen atoms in total. The van der Waals surface area contributed by atoms with Crippen LogP contribution in [0, 0.1) is 5.92 Å². The molecule has 3 rings (SSSR count). The maximum atomic E-state index is 13.3. The van der Waals surface area contributed by atoms with Crippen molar-refractivity contribution >= 4 is 41.5 Å². The molecule has 0 spiro atoms. The third-order valence-corrected chi connectivity index (χ3v) is 6.65. The highest BCUT2D eigenvalue weighted by Gasteiger charge is 2.22. The maximum absolute atomic E-state index is 13.3. The third kappa shape index (κ3) is 7.13. The van der Waals surface area contributed by atoms with Crippen LogP contribution in [0.2, 0.25) is 0 Å². The Morgan fingerprint density at radius 1 is 1.03 bits per heavy atom. The van der Waals surface area contributed by atoms with Gasteiger partial charge in [-0.05, 0) is 54.2 Å². The molecule has 2 aromatic carbocycles. The van der Waals surface area contributed by atoms with Crippen molar-refractivity contribution in [3.8, 4) is 11.1 Å². The second-order valence-electron chi connectivity index (χ2n) is 10.5. The highest BCUT2D eigenvalue weighted by atomic mass is 16.2. The van der Waals surface area contributed by atoms with E-state index in [1.165, 1.54) is 4.90 Å². The molecular formula is C31H41N5O3. The summed E-state index contributed by atoms with van der Waals surface area (Å²) < 4.78 is 0. The topological polar surface area (TPSA) is 99.3 Å². The number of urea groups is 1. The van der Waals surface area contributed by atoms with Crippen molar-refractivity contribution in [1.82, 2.24) is 9.80 Å². The number of amides is 3. The molecule has 3 amide bonds. The van der Waals surface area contributed by atoms with E-state index in [0.29, 0.717) is 60.3 Å². The van der Waals surface area contributed by atoms with E-state index in [0.717, 1.165) is 35.8 Å². The summed E-state index contributed by atoms with van der Waals surface area (Å²) in [4.78, 5) is 47.8. The summed E-state index contributed by atoms with van der Waals surface area (Å²) in [6.07, 6.45) is 4.73. The van der Waals surface area contributed by atoms with Gasteiger partial charge in [-0.25, -0.2) is 9.79 Å². The van der Waals surface area contributed by atoms with Crippen LogP contribution in [0.15, 0.2) is 47.0 Å². The number of nitrogens with zero attached hydrogens (tertiary/aromatic N) is 4. The number of hydrogen-bond donors (Lipinski definition) is 1. The van der Waals surface area contributed by atoms with E-state index in [4.69, 9.17) is 5.73 Å². The van der Waals surface area contributed by atoms with Gasteiger partial charge < -0.3 is 15.5 Å². The standard InChI is InChI=1S/C31H41N5O3/c1-7-13-36(14-8-2)30(38)26-15-24-11-9-22(16-27(24)33-29(32)18-26)23-10-12-25(20-37)28(17-23)35(6)31(39)34(5)19-21(3)4/h9-12,15-17,20-21H,7-8,13-14,18-19H2,1-6H3,(H2,32,33). The smallest absolute Gasteiger partial charge is 0.323 e. The number of hydrogen-bond acceptors (Lipinski definition) is 5. The molecule has 2 N–H and O–H groups in total. The van der Waals surface area contributed by atoms with Crippen LogP contribution in [0.4, 0.5) is 16.2 Å². The van der Waals surface area contributed by atoms with Crippen LogP contribution in [-0.4, -0.2) is 67.6 Å². The van der Waals surface area contributed by atoms with E-state index in [1.54, 1.807) is 25.1 Å². The van der Waals surface area contributed by atoms with Gasteiger partial charge in [0, 0.05) is 56.9 Å². The van der Waals surface area contributed by atoms with Gasteiger partial charge in [0.05, 0.1) is 11.4 Å². The van der Waals surface area contributed by atoms with Crippen molar-refractivity contribution in [3.63, 3.8) is 0 Å². The second-order valence-corrected chi connectivity index (χ2v) is 10.5. The fourth-order valence-electron chi connectivity index (χ4n) is 4.86. The molecule has 0 aromatic heterocycles. The summed E-state index contributed by atoms with van der Waals surface area (Å²) >= 11 is 0. The summed E-state index contributed by atoms with van der Waals surface area (Å²) in [6.45, 7) is 10.2. The van der Waals surface area contributed by atoms with Crippen LogP contribution in [0.25, 0.3) is 17.2 Å². The third-order valence-electron chi connectivity index (χ3n) is 6.65. The summed E-state index contributed by atoms with van der Waals surface area (Å²) in [5.41, 5.74) is 11.0. The average Bonchev–Trinajstić information content (AvgIpc) is 3.08. The fraction of sp³-hybridized carbons (Fsp3) is 0.419. The van der Waals surface area contributed by atoms with Gasteiger partial charge >= 0.3 is 6.03 Å². The molecule has 8 heteroatoms. The van der Waals surface area contributed by atoms with E-state index >= 15 is 0 Å². The second kappa shape index (κ2) is 13.2. The van der Waals surface area contributed by atoms with Crippen molar-refractivity contribution < 1.29 is 14.4 Å². The van der Waals surface area contributed by atoms with Crippen molar-refractivity contribution in [2.75, 3.05) is 38.6 Å². The quantitative estimate of drug-likeness (QED) is 0.396. The molecule has 0 unspecified atom stereocenters. The number of rotatable bonds is 10. The monoisotopic (exact) mass is 531 g/mol. The SMILES string of the molecule is CCCN(CCC)C(=O)C1=Cc2ccc(-c3ccc(C=O)c(N(C)C(=O)N(C)CC(C)C)c3)cc2N=C(N)C1. The van der Waals surface area contributed by atoms with Crippen molar-refractivity contribution in [1.29, 1.82) is 0 Å². The Kier molecular flexibility index (Phi) is 10.0. The van der Waals surface area contributed by atoms with E-state index in [1.807, 2.05) is 41.3 Å². The summed E-state index contributed by atoms with van der Waals surface area (Å²) in [5.74, 6) is 0.704. The number of aliphatic imine (C=N–C) groups is 1. The van der Waals surface area contributed by atoms with Gasteiger partial charge in [0.25, 0.3) is 0 Å². The number of aldehydes is 1. The molecule has 1 aliphatic rings. The Labute approximate surface area is 232 Å². The molecule has 0 saturated carbocycles. The van der Waals surface area contributed by atoms with Gasteiger partial charge in [0.1, 0.15) is 5.84 Å². The lowest BCUT2D eigenvalue weighted by Crippen LogP contribution is -2.40. The van der Waals surface area contributed by atoms with Crippen LogP contribution >= 0.6 is 0 Å². The Morgan fingerprint density at radius 3 is 2.28 bits per heavy atom. The lowest BCUT2D eigenvalue weighted by Gasteiger charge is -2.27. The van der Waals surface area contributed by atoms with Gasteiger partial charge in [-0.1, -0.05) is 45.9 Å². The Bertz CT molecular complexity index is 1270. The Hall–Kier alpha value is -3.94. The van der Waals surface area contributed by atoms with Gasteiger partial charge in [0.2, 0.25) is 5.91 Å². The Balaban J connectivity index is 1.98. The summed E-state index contributed by atoms with van der Waals surface area (Å²) in [7, 11) is 3.44. The lowest BCUT2D eigenvalue weighted by molar-refractivity contribution is -0.127. The molecule has 208 valence electrons. The van der Waals surface area contributed by atoms with Crippen LogP contribution in [-0.2, 0) is 4.79 Å². The lowest BCUT2D eigenvalue weighted by atomic mass is 9.99. The molecule has 0 radical (unpaired) electrons. The molecule has 0 aliphatic carbocycles. The predicted molar refractivity (Wildman–Crippen MR) is 160 cm³/mol. The number of anilines is 1. The van der Waals surface area contributed by atoms with Crippen LogP contribution in [0.3, 0.4) is 0 Å². The molecule has 0 bridgehead atoms. The zero-order valence-electron chi connectivity index (χ0n) is 24.0. The van der Waals surface area contributed by atoms with E-state index in [9.17, 15) is 14.4 Å².